The van der Waals surface area contributed by atoms with Crippen molar-refractivity contribution in [3.8, 4) is 0 Å². The normalized spacial score (nSPS) is 23.9. The third-order valence-electron chi connectivity index (χ3n) is 5.17. The lowest BCUT2D eigenvalue weighted by Crippen LogP contribution is -2.47. The molecule has 0 aliphatic heterocycles. The summed E-state index contributed by atoms with van der Waals surface area (Å²) in [5, 5.41) is 8.86. The fourth-order valence-corrected chi connectivity index (χ4v) is 3.08. The van der Waals surface area contributed by atoms with Gasteiger partial charge in [-0.05, 0) is 38.2 Å². The van der Waals surface area contributed by atoms with Gasteiger partial charge in [0.25, 0.3) is 0 Å². The zero-order valence-electron chi connectivity index (χ0n) is 14.5. The van der Waals surface area contributed by atoms with Crippen LogP contribution in [0.15, 0.2) is 23.8 Å². The van der Waals surface area contributed by atoms with E-state index in [1.54, 1.807) is 0 Å². The van der Waals surface area contributed by atoms with Gasteiger partial charge in [0.2, 0.25) is 0 Å². The highest BCUT2D eigenvalue weighted by atomic mass is 16.4. The van der Waals surface area contributed by atoms with Crippen LogP contribution in [0.4, 0.5) is 0 Å². The average Bonchev–Trinajstić information content (AvgIpc) is 2.34. The second-order valence-corrected chi connectivity index (χ2v) is 7.72. The summed E-state index contributed by atoms with van der Waals surface area (Å²) in [6.07, 6.45) is 9.60. The van der Waals surface area contributed by atoms with E-state index in [4.69, 9.17) is 5.11 Å². The van der Waals surface area contributed by atoms with E-state index < -0.39 is 5.97 Å². The molecule has 0 spiro atoms. The molecule has 1 aliphatic rings. The highest BCUT2D eigenvalue weighted by Gasteiger charge is 2.31. The van der Waals surface area contributed by atoms with Crippen molar-refractivity contribution in [1.29, 1.82) is 0 Å². The number of carbonyl (C=O) groups is 1. The molecule has 120 valence electrons. The van der Waals surface area contributed by atoms with E-state index in [9.17, 15) is 4.79 Å². The molecule has 0 saturated carbocycles. The molecular weight excluding hydrogens is 262 g/mol. The van der Waals surface area contributed by atoms with Crippen LogP contribution in [0, 0.1) is 11.3 Å². The van der Waals surface area contributed by atoms with E-state index in [1.807, 2.05) is 0 Å². The van der Waals surface area contributed by atoms with Crippen molar-refractivity contribution in [3.63, 3.8) is 0 Å². The molecule has 0 fully saturated rings. The molecule has 0 bridgehead atoms. The van der Waals surface area contributed by atoms with Crippen molar-refractivity contribution in [2.24, 2.45) is 11.3 Å². The fourth-order valence-electron chi connectivity index (χ4n) is 3.08. The average molecular weight is 294 g/mol. The molecule has 0 radical (unpaired) electrons. The number of aliphatic carboxylic acids is 1. The first kappa shape index (κ1) is 18.0. The molecule has 0 aromatic carbocycles. The number of nitrogens with zero attached hydrogens (tertiary/aromatic N) is 1. The van der Waals surface area contributed by atoms with E-state index in [0.29, 0.717) is 28.4 Å². The zero-order chi connectivity index (χ0) is 16.3. The van der Waals surface area contributed by atoms with Gasteiger partial charge >= 0.3 is 5.97 Å². The van der Waals surface area contributed by atoms with Gasteiger partial charge in [-0.3, -0.25) is 4.79 Å². The Morgan fingerprint density at radius 3 is 2.67 bits per heavy atom. The maximum atomic E-state index is 10.8. The molecule has 0 heterocycles. The molecule has 21 heavy (non-hydrogen) atoms. The Kier molecular flexibility index (Phi) is 5.80. The van der Waals surface area contributed by atoms with Crippen LogP contribution >= 0.6 is 0 Å². The summed E-state index contributed by atoms with van der Waals surface area (Å²) in [4.78, 5) is 10.8. The van der Waals surface area contributed by atoms with Crippen LogP contribution in [-0.4, -0.2) is 42.2 Å². The highest BCUT2D eigenvalue weighted by Crippen LogP contribution is 2.41. The Morgan fingerprint density at radius 1 is 1.52 bits per heavy atom. The Labute approximate surface area is 129 Å². The number of hydrogen-bond acceptors (Lipinski definition) is 1. The third kappa shape index (κ3) is 4.99. The topological polar surface area (TPSA) is 37.3 Å². The summed E-state index contributed by atoms with van der Waals surface area (Å²) in [5.41, 5.74) is 1.78. The van der Waals surface area contributed by atoms with Crippen molar-refractivity contribution in [2.45, 2.75) is 53.0 Å². The molecule has 2 unspecified atom stereocenters. The Balaban J connectivity index is 2.76. The molecule has 1 N–H and O–H groups in total. The largest absolute Gasteiger partial charge is 0.481 e. The first-order chi connectivity index (χ1) is 9.56. The minimum atomic E-state index is -0.718. The van der Waals surface area contributed by atoms with Crippen LogP contribution < -0.4 is 0 Å². The number of carboxylic acid groups (broad SMARTS) is 1. The molecule has 0 amide bonds. The summed E-state index contributed by atoms with van der Waals surface area (Å²) in [7, 11) is 4.21. The Hall–Kier alpha value is -1.09. The van der Waals surface area contributed by atoms with Crippen LogP contribution in [0.3, 0.4) is 0 Å². The smallest absolute Gasteiger partial charge is 0.309 e. The monoisotopic (exact) mass is 294 g/mol. The number of allylic oxidation sites excluding steroid dienone is 3. The fraction of sp³-hybridized carbons (Fsp3) is 0.722. The number of carboxylic acids is 1. The zero-order valence-corrected chi connectivity index (χ0v) is 14.5. The Morgan fingerprint density at radius 2 is 2.14 bits per heavy atom. The Bertz CT molecular complexity index is 432. The number of hydrogen-bond donors (Lipinski definition) is 1. The number of quaternary nitrogens is 1. The predicted molar refractivity (Wildman–Crippen MR) is 88.1 cm³/mol. The summed E-state index contributed by atoms with van der Waals surface area (Å²) >= 11 is 0. The van der Waals surface area contributed by atoms with Crippen molar-refractivity contribution in [3.05, 3.63) is 23.8 Å². The minimum absolute atomic E-state index is 0.221. The van der Waals surface area contributed by atoms with Gasteiger partial charge in [-0.25, -0.2) is 0 Å². The van der Waals surface area contributed by atoms with Crippen LogP contribution in [-0.2, 0) is 4.79 Å². The van der Waals surface area contributed by atoms with Crippen LogP contribution in [0.2, 0.25) is 0 Å². The second kappa shape index (κ2) is 6.78. The molecule has 1 rings (SSSR count). The SMILES string of the molecule is CC1=CCCC(C)(C)C1C=CC(C)[N+](C)(C)CCC(=O)O. The van der Waals surface area contributed by atoms with Gasteiger partial charge in [0.15, 0.2) is 0 Å². The lowest BCUT2D eigenvalue weighted by atomic mass is 9.68. The van der Waals surface area contributed by atoms with Crippen LogP contribution in [0.1, 0.15) is 47.0 Å². The molecule has 0 saturated heterocycles. The maximum Gasteiger partial charge on any atom is 0.309 e. The van der Waals surface area contributed by atoms with E-state index in [0.717, 1.165) is 0 Å². The molecule has 2 atom stereocenters. The summed E-state index contributed by atoms with van der Waals surface area (Å²) in [5.74, 6) is -0.224. The predicted octanol–water partition coefficient (Wildman–Crippen LogP) is 3.86. The van der Waals surface area contributed by atoms with Gasteiger partial charge in [-0.2, -0.15) is 0 Å². The summed E-state index contributed by atoms with van der Waals surface area (Å²) < 4.78 is 0.707. The second-order valence-electron chi connectivity index (χ2n) is 7.72. The highest BCUT2D eigenvalue weighted by molar-refractivity contribution is 5.66. The minimum Gasteiger partial charge on any atom is -0.481 e. The van der Waals surface area contributed by atoms with Gasteiger partial charge in [0.05, 0.1) is 27.1 Å². The third-order valence-corrected chi connectivity index (χ3v) is 5.17. The van der Waals surface area contributed by atoms with E-state index >= 15 is 0 Å². The number of likely N-dealkylation sites (N-methyl/N-ethyl adjacent to an activating group) is 1. The van der Waals surface area contributed by atoms with Crippen LogP contribution in [0.5, 0.6) is 0 Å². The molecular formula is C18H32NO2+. The first-order valence-electron chi connectivity index (χ1n) is 7.96. The first-order valence-corrected chi connectivity index (χ1v) is 7.96. The number of rotatable bonds is 6. The van der Waals surface area contributed by atoms with Gasteiger partial charge in [-0.1, -0.05) is 31.6 Å². The van der Waals surface area contributed by atoms with Crippen LogP contribution in [0.25, 0.3) is 0 Å². The van der Waals surface area contributed by atoms with Gasteiger partial charge in [0, 0.05) is 5.92 Å². The molecule has 1 aliphatic carbocycles. The van der Waals surface area contributed by atoms with E-state index in [1.165, 1.54) is 18.4 Å². The van der Waals surface area contributed by atoms with Crippen molar-refractivity contribution >= 4 is 5.97 Å². The molecule has 0 aromatic heterocycles. The molecule has 0 aromatic rings. The van der Waals surface area contributed by atoms with Gasteiger partial charge < -0.3 is 9.59 Å². The standard InChI is InChI=1S/C18H31NO2/c1-14-8-7-12-18(3,4)16(14)10-9-15(2)19(5,6)13-11-17(20)21/h8-10,15-16H,7,11-13H2,1-6H3/p+1. The quantitative estimate of drug-likeness (QED) is 0.596. The lowest BCUT2D eigenvalue weighted by Gasteiger charge is -2.38. The maximum absolute atomic E-state index is 10.8. The molecule has 3 nitrogen and oxygen atoms in total. The van der Waals surface area contributed by atoms with E-state index in [-0.39, 0.29) is 6.42 Å². The summed E-state index contributed by atoms with van der Waals surface area (Å²) in [6, 6.07) is 0.315. The lowest BCUT2D eigenvalue weighted by molar-refractivity contribution is -0.906. The van der Waals surface area contributed by atoms with Crippen molar-refractivity contribution in [2.75, 3.05) is 20.6 Å². The molecule has 3 heteroatoms. The van der Waals surface area contributed by atoms with Crippen molar-refractivity contribution < 1.29 is 14.4 Å². The van der Waals surface area contributed by atoms with Gasteiger partial charge in [0.1, 0.15) is 6.04 Å². The summed E-state index contributed by atoms with van der Waals surface area (Å²) in [6.45, 7) is 9.74. The van der Waals surface area contributed by atoms with Gasteiger partial charge in [-0.15, -0.1) is 0 Å². The van der Waals surface area contributed by atoms with E-state index in [2.05, 4.69) is 60.0 Å². The van der Waals surface area contributed by atoms with Crippen molar-refractivity contribution in [1.82, 2.24) is 0 Å².